The van der Waals surface area contributed by atoms with Crippen LogP contribution in [0.25, 0.3) is 22.1 Å². The summed E-state index contributed by atoms with van der Waals surface area (Å²) in [5.41, 5.74) is 2.22. The van der Waals surface area contributed by atoms with Crippen molar-refractivity contribution >= 4 is 34.2 Å². The van der Waals surface area contributed by atoms with E-state index >= 15 is 0 Å². The second kappa shape index (κ2) is 8.20. The first-order chi connectivity index (χ1) is 14.1. The number of fused-ring (bicyclic) bond motifs is 1. The lowest BCUT2D eigenvalue weighted by Crippen LogP contribution is -2.20. The first-order valence-corrected chi connectivity index (χ1v) is 9.28. The zero-order valence-electron chi connectivity index (χ0n) is 15.2. The molecule has 4 rings (SSSR count). The number of amides is 1. The molecule has 1 heterocycles. The van der Waals surface area contributed by atoms with E-state index in [1.54, 1.807) is 36.4 Å². The van der Waals surface area contributed by atoms with Crippen molar-refractivity contribution in [2.24, 2.45) is 0 Å². The van der Waals surface area contributed by atoms with Gasteiger partial charge < -0.3 is 14.5 Å². The average Bonchev–Trinajstić information content (AvgIpc) is 2.72. The minimum atomic E-state index is -0.452. The zero-order valence-corrected chi connectivity index (χ0v) is 16.0. The second-order valence-corrected chi connectivity index (χ2v) is 6.79. The summed E-state index contributed by atoms with van der Waals surface area (Å²) in [6.45, 7) is -0.194. The molecule has 0 spiro atoms. The summed E-state index contributed by atoms with van der Waals surface area (Å²) in [4.78, 5) is 24.1. The van der Waals surface area contributed by atoms with Crippen molar-refractivity contribution in [1.29, 1.82) is 0 Å². The lowest BCUT2D eigenvalue weighted by atomic mass is 10.0. The maximum absolute atomic E-state index is 12.1. The maximum Gasteiger partial charge on any atom is 0.336 e. The molecule has 4 aromatic rings. The van der Waals surface area contributed by atoms with Crippen LogP contribution in [0.1, 0.15) is 0 Å². The standard InChI is InChI=1S/C23H16ClNO4/c24-16-7-4-8-17(11-16)25-22(26)14-28-18-9-10-19-20(15-5-2-1-3-6-15)13-23(27)29-21(19)12-18/h1-13H,14H2,(H,25,26). The first-order valence-electron chi connectivity index (χ1n) is 8.90. The van der Waals surface area contributed by atoms with E-state index in [0.717, 1.165) is 16.5 Å². The number of halogens is 1. The quantitative estimate of drug-likeness (QED) is 0.467. The van der Waals surface area contributed by atoms with E-state index in [1.807, 2.05) is 36.4 Å². The molecule has 0 unspecified atom stereocenters. The summed E-state index contributed by atoms with van der Waals surface area (Å²) < 4.78 is 10.9. The van der Waals surface area contributed by atoms with Gasteiger partial charge in [-0.3, -0.25) is 4.79 Å². The number of hydrogen-bond donors (Lipinski definition) is 1. The Morgan fingerprint density at radius 2 is 1.79 bits per heavy atom. The lowest BCUT2D eigenvalue weighted by molar-refractivity contribution is -0.118. The van der Waals surface area contributed by atoms with Crippen LogP contribution in [0.3, 0.4) is 0 Å². The third-order valence-corrected chi connectivity index (χ3v) is 4.51. The molecule has 0 fully saturated rings. The van der Waals surface area contributed by atoms with Crippen LogP contribution >= 0.6 is 11.6 Å². The summed E-state index contributed by atoms with van der Waals surface area (Å²) >= 11 is 5.91. The highest BCUT2D eigenvalue weighted by molar-refractivity contribution is 6.30. The van der Waals surface area contributed by atoms with Crippen LogP contribution in [-0.4, -0.2) is 12.5 Å². The topological polar surface area (TPSA) is 68.5 Å². The normalized spacial score (nSPS) is 10.7. The molecule has 0 aliphatic carbocycles. The van der Waals surface area contributed by atoms with Crippen LogP contribution in [0, 0.1) is 0 Å². The van der Waals surface area contributed by atoms with E-state index in [1.165, 1.54) is 6.07 Å². The Bertz CT molecular complexity index is 1230. The number of anilines is 1. The largest absolute Gasteiger partial charge is 0.484 e. The Morgan fingerprint density at radius 3 is 2.59 bits per heavy atom. The van der Waals surface area contributed by atoms with Gasteiger partial charge in [0.2, 0.25) is 0 Å². The number of hydrogen-bond acceptors (Lipinski definition) is 4. The minimum Gasteiger partial charge on any atom is -0.484 e. The first kappa shape index (κ1) is 18.8. The summed E-state index contributed by atoms with van der Waals surface area (Å²) in [6.07, 6.45) is 0. The van der Waals surface area contributed by atoms with E-state index in [4.69, 9.17) is 20.8 Å². The van der Waals surface area contributed by atoms with Crippen molar-refractivity contribution in [3.63, 3.8) is 0 Å². The smallest absolute Gasteiger partial charge is 0.336 e. The summed E-state index contributed by atoms with van der Waals surface area (Å²) in [6, 6.07) is 23.1. The summed E-state index contributed by atoms with van der Waals surface area (Å²) in [5, 5.41) is 4.02. The molecular weight excluding hydrogens is 390 g/mol. The molecule has 0 saturated carbocycles. The van der Waals surface area contributed by atoms with Gasteiger partial charge in [-0.05, 0) is 41.5 Å². The van der Waals surface area contributed by atoms with Gasteiger partial charge in [-0.1, -0.05) is 48.0 Å². The van der Waals surface area contributed by atoms with Crippen LogP contribution in [0.15, 0.2) is 88.1 Å². The van der Waals surface area contributed by atoms with Crippen molar-refractivity contribution < 1.29 is 13.9 Å². The molecule has 6 heteroatoms. The fourth-order valence-electron chi connectivity index (χ4n) is 3.00. The molecule has 1 N–H and O–H groups in total. The molecule has 1 aromatic heterocycles. The van der Waals surface area contributed by atoms with Crippen molar-refractivity contribution in [3.8, 4) is 16.9 Å². The van der Waals surface area contributed by atoms with Gasteiger partial charge in [-0.2, -0.15) is 0 Å². The van der Waals surface area contributed by atoms with E-state index < -0.39 is 5.63 Å². The van der Waals surface area contributed by atoms with E-state index in [0.29, 0.717) is 22.0 Å². The predicted molar refractivity (Wildman–Crippen MR) is 113 cm³/mol. The second-order valence-electron chi connectivity index (χ2n) is 6.35. The SMILES string of the molecule is O=C(COc1ccc2c(-c3ccccc3)cc(=O)oc2c1)Nc1cccc(Cl)c1. The molecule has 5 nitrogen and oxygen atoms in total. The van der Waals surface area contributed by atoms with Crippen LogP contribution in [0.4, 0.5) is 5.69 Å². The third-order valence-electron chi connectivity index (χ3n) is 4.28. The van der Waals surface area contributed by atoms with Gasteiger partial charge in [0.15, 0.2) is 6.61 Å². The number of ether oxygens (including phenoxy) is 1. The van der Waals surface area contributed by atoms with Gasteiger partial charge in [0.05, 0.1) is 0 Å². The number of carbonyl (C=O) groups is 1. The molecule has 1 amide bonds. The number of benzene rings is 3. The highest BCUT2D eigenvalue weighted by Crippen LogP contribution is 2.29. The Morgan fingerprint density at radius 1 is 0.966 bits per heavy atom. The van der Waals surface area contributed by atoms with Crippen LogP contribution in [0.5, 0.6) is 5.75 Å². The maximum atomic E-state index is 12.1. The summed E-state index contributed by atoms with van der Waals surface area (Å²) in [7, 11) is 0. The molecule has 0 radical (unpaired) electrons. The van der Waals surface area contributed by atoms with Gasteiger partial charge in [0.1, 0.15) is 11.3 Å². The van der Waals surface area contributed by atoms with Crippen LogP contribution in [-0.2, 0) is 4.79 Å². The summed E-state index contributed by atoms with van der Waals surface area (Å²) in [5.74, 6) is 0.0963. The fraction of sp³-hybridized carbons (Fsp3) is 0.0435. The van der Waals surface area contributed by atoms with Crippen LogP contribution < -0.4 is 15.7 Å². The zero-order chi connectivity index (χ0) is 20.2. The van der Waals surface area contributed by atoms with Crippen molar-refractivity contribution in [2.45, 2.75) is 0 Å². The van der Waals surface area contributed by atoms with Gasteiger partial charge >= 0.3 is 5.63 Å². The van der Waals surface area contributed by atoms with Gasteiger partial charge in [0.25, 0.3) is 5.91 Å². The van der Waals surface area contributed by atoms with Crippen molar-refractivity contribution in [1.82, 2.24) is 0 Å². The van der Waals surface area contributed by atoms with Gasteiger partial charge in [0, 0.05) is 28.2 Å². The van der Waals surface area contributed by atoms with Crippen molar-refractivity contribution in [2.75, 3.05) is 11.9 Å². The lowest BCUT2D eigenvalue weighted by Gasteiger charge is -2.10. The molecule has 0 atom stereocenters. The average molecular weight is 406 g/mol. The Labute approximate surface area is 171 Å². The Hall–Kier alpha value is -3.57. The van der Waals surface area contributed by atoms with E-state index in [2.05, 4.69) is 5.32 Å². The number of rotatable bonds is 5. The van der Waals surface area contributed by atoms with Gasteiger partial charge in [-0.15, -0.1) is 0 Å². The number of carbonyl (C=O) groups excluding carboxylic acids is 1. The Kier molecular flexibility index (Phi) is 5.31. The molecule has 0 aliphatic heterocycles. The number of nitrogens with one attached hydrogen (secondary N) is 1. The highest BCUT2D eigenvalue weighted by Gasteiger charge is 2.10. The third kappa shape index (κ3) is 4.47. The van der Waals surface area contributed by atoms with Crippen molar-refractivity contribution in [3.05, 3.63) is 94.3 Å². The molecule has 0 bridgehead atoms. The van der Waals surface area contributed by atoms with Gasteiger partial charge in [-0.25, -0.2) is 4.79 Å². The molecule has 3 aromatic carbocycles. The molecule has 144 valence electrons. The monoisotopic (exact) mass is 405 g/mol. The minimum absolute atomic E-state index is 0.194. The molecule has 0 aliphatic rings. The molecule has 29 heavy (non-hydrogen) atoms. The van der Waals surface area contributed by atoms with E-state index in [-0.39, 0.29) is 12.5 Å². The molecule has 0 saturated heterocycles. The van der Waals surface area contributed by atoms with E-state index in [9.17, 15) is 9.59 Å². The fourth-order valence-corrected chi connectivity index (χ4v) is 3.19. The highest BCUT2D eigenvalue weighted by atomic mass is 35.5. The Balaban J connectivity index is 1.53. The molecular formula is C23H16ClNO4. The van der Waals surface area contributed by atoms with Crippen LogP contribution in [0.2, 0.25) is 5.02 Å². The predicted octanol–water partition coefficient (Wildman–Crippen LogP) is 5.13.